The minimum absolute atomic E-state index is 0.0701. The number of para-hydroxylation sites is 1. The van der Waals surface area contributed by atoms with Crippen LogP contribution in [0.3, 0.4) is 0 Å². The van der Waals surface area contributed by atoms with E-state index in [0.717, 1.165) is 0 Å². The number of nitrogens with one attached hydrogen (secondary N) is 1. The van der Waals surface area contributed by atoms with Crippen molar-refractivity contribution in [1.29, 1.82) is 0 Å². The lowest BCUT2D eigenvalue weighted by atomic mass is 10.2. The molecule has 0 spiro atoms. The number of ether oxygens (including phenoxy) is 1. The van der Waals surface area contributed by atoms with Crippen LogP contribution < -0.4 is 10.1 Å². The molecule has 1 atom stereocenters. The van der Waals surface area contributed by atoms with Gasteiger partial charge in [0, 0.05) is 25.0 Å². The lowest BCUT2D eigenvalue weighted by Gasteiger charge is -2.22. The number of hydrogen-bond donors (Lipinski definition) is 1. The van der Waals surface area contributed by atoms with Gasteiger partial charge in [0.2, 0.25) is 11.8 Å². The highest BCUT2D eigenvalue weighted by Crippen LogP contribution is 2.42. The third-order valence-corrected chi connectivity index (χ3v) is 5.31. The molecule has 1 aliphatic heterocycles. The number of rotatable bonds is 4. The Morgan fingerprint density at radius 3 is 2.68 bits per heavy atom. The monoisotopic (exact) mass is 421 g/mol. The van der Waals surface area contributed by atoms with Crippen molar-refractivity contribution in [2.24, 2.45) is 5.10 Å². The van der Waals surface area contributed by atoms with Gasteiger partial charge in [-0.2, -0.15) is 0 Å². The van der Waals surface area contributed by atoms with Crippen molar-refractivity contribution in [3.63, 3.8) is 0 Å². The number of hydrazone groups is 1. The molecule has 0 radical (unpaired) electrons. The second-order valence-electron chi connectivity index (χ2n) is 5.95. The Labute approximate surface area is 170 Å². The smallest absolute Gasteiger partial charge is 0.241 e. The minimum Gasteiger partial charge on any atom is -0.488 e. The third-order valence-electron chi connectivity index (χ3n) is 3.87. The van der Waals surface area contributed by atoms with Gasteiger partial charge in [-0.25, -0.2) is 9.40 Å². The molecule has 2 aromatic carbocycles. The second kappa shape index (κ2) is 8.62. The zero-order valence-corrected chi connectivity index (χ0v) is 16.7. The maximum Gasteiger partial charge on any atom is 0.241 e. The van der Waals surface area contributed by atoms with Crippen molar-refractivity contribution >= 4 is 40.3 Å². The fourth-order valence-electron chi connectivity index (χ4n) is 2.60. The Morgan fingerprint density at radius 1 is 1.25 bits per heavy atom. The number of amides is 2. The average molecular weight is 422 g/mol. The maximum absolute atomic E-state index is 14.0. The average Bonchev–Trinajstić information content (AvgIpc) is 3.05. The summed E-state index contributed by atoms with van der Waals surface area (Å²) in [6.07, 6.45) is 0. The van der Waals surface area contributed by atoms with Crippen LogP contribution in [0.4, 0.5) is 4.39 Å². The van der Waals surface area contributed by atoms with Gasteiger partial charge in [-0.05, 0) is 18.2 Å². The molecule has 146 valence electrons. The van der Waals surface area contributed by atoms with Crippen LogP contribution in [-0.4, -0.2) is 22.0 Å². The maximum atomic E-state index is 14.0. The van der Waals surface area contributed by atoms with Crippen LogP contribution in [0.1, 0.15) is 30.3 Å². The van der Waals surface area contributed by atoms with E-state index in [4.69, 9.17) is 16.3 Å². The van der Waals surface area contributed by atoms with Gasteiger partial charge in [0.25, 0.3) is 0 Å². The third kappa shape index (κ3) is 4.45. The summed E-state index contributed by atoms with van der Waals surface area (Å²) in [5.74, 6) is -0.564. The minimum atomic E-state index is -0.522. The highest BCUT2D eigenvalue weighted by molar-refractivity contribution is 8.14. The van der Waals surface area contributed by atoms with E-state index in [1.807, 2.05) is 0 Å². The predicted octanol–water partition coefficient (Wildman–Crippen LogP) is 4.06. The molecule has 0 fully saturated rings. The molecule has 0 saturated carbocycles. The Balaban J connectivity index is 1.85. The number of hydrogen-bond acceptors (Lipinski definition) is 5. The van der Waals surface area contributed by atoms with Crippen molar-refractivity contribution in [1.82, 2.24) is 10.3 Å². The Bertz CT molecular complexity index is 934. The second-order valence-corrected chi connectivity index (χ2v) is 7.42. The van der Waals surface area contributed by atoms with Crippen molar-refractivity contribution in [3.8, 4) is 5.75 Å². The molecule has 0 aromatic heterocycles. The van der Waals surface area contributed by atoms with Gasteiger partial charge in [-0.1, -0.05) is 47.6 Å². The molecule has 2 aromatic rings. The van der Waals surface area contributed by atoms with Crippen LogP contribution in [0.25, 0.3) is 0 Å². The lowest BCUT2D eigenvalue weighted by molar-refractivity contribution is -0.129. The Hall–Kier alpha value is -2.58. The molecule has 0 saturated heterocycles. The van der Waals surface area contributed by atoms with Crippen molar-refractivity contribution in [2.75, 3.05) is 0 Å². The zero-order valence-electron chi connectivity index (χ0n) is 15.1. The van der Waals surface area contributed by atoms with E-state index in [2.05, 4.69) is 10.4 Å². The predicted molar refractivity (Wildman–Crippen MR) is 106 cm³/mol. The summed E-state index contributed by atoms with van der Waals surface area (Å²) in [5, 5.41) is 8.10. The first-order chi connectivity index (χ1) is 13.4. The summed E-state index contributed by atoms with van der Waals surface area (Å²) in [6.45, 7) is 2.68. The van der Waals surface area contributed by atoms with Gasteiger partial charge in [0.05, 0.1) is 5.02 Å². The molecule has 1 unspecified atom stereocenters. The Kier molecular flexibility index (Phi) is 6.21. The zero-order chi connectivity index (χ0) is 20.3. The van der Waals surface area contributed by atoms with E-state index < -0.39 is 11.2 Å². The summed E-state index contributed by atoms with van der Waals surface area (Å²) in [4.78, 5) is 23.4. The molecule has 9 heteroatoms. The first kappa shape index (κ1) is 20.2. The standard InChI is InChI=1S/C19H17ClFN3O3S/c1-11(25)22-19-23-24(12(2)26)18(28-19)13-6-3-4-9-17(13)27-10-14-15(20)7-5-8-16(14)21/h3-9,18H,10H2,1-2H3,(H,22,23,25). The number of carbonyl (C=O) groups excluding carboxylic acids is 2. The van der Waals surface area contributed by atoms with Gasteiger partial charge >= 0.3 is 0 Å². The van der Waals surface area contributed by atoms with Crippen molar-refractivity contribution < 1.29 is 18.7 Å². The molecule has 1 N–H and O–H groups in total. The summed E-state index contributed by atoms with van der Waals surface area (Å²) in [5.41, 5.74) is 0.913. The van der Waals surface area contributed by atoms with Crippen molar-refractivity contribution in [3.05, 3.63) is 64.4 Å². The fourth-order valence-corrected chi connectivity index (χ4v) is 3.99. The molecule has 3 rings (SSSR count). The van der Waals surface area contributed by atoms with Gasteiger partial charge in [0.1, 0.15) is 23.5 Å². The Morgan fingerprint density at radius 2 is 2.00 bits per heavy atom. The highest BCUT2D eigenvalue weighted by atomic mass is 35.5. The molecule has 2 amide bonds. The SMILES string of the molecule is CC(=O)NC1=NN(C(C)=O)C(c2ccccc2OCc2c(F)cccc2Cl)S1. The van der Waals surface area contributed by atoms with E-state index in [9.17, 15) is 14.0 Å². The van der Waals surface area contributed by atoms with Crippen LogP contribution in [0.2, 0.25) is 5.02 Å². The number of thioether (sulfide) groups is 1. The van der Waals surface area contributed by atoms with Crippen LogP contribution in [0, 0.1) is 5.82 Å². The van der Waals surface area contributed by atoms with Crippen LogP contribution in [0.15, 0.2) is 47.6 Å². The molecule has 1 aliphatic rings. The van der Waals surface area contributed by atoms with E-state index in [-0.39, 0.29) is 29.0 Å². The van der Waals surface area contributed by atoms with Gasteiger partial charge in [-0.3, -0.25) is 9.59 Å². The first-order valence-electron chi connectivity index (χ1n) is 8.34. The molecule has 0 bridgehead atoms. The van der Waals surface area contributed by atoms with Crippen LogP contribution in [-0.2, 0) is 16.2 Å². The summed E-state index contributed by atoms with van der Waals surface area (Å²) >= 11 is 7.27. The number of halogens is 2. The molecule has 6 nitrogen and oxygen atoms in total. The fraction of sp³-hybridized carbons (Fsp3) is 0.211. The van der Waals surface area contributed by atoms with Crippen LogP contribution in [0.5, 0.6) is 5.75 Å². The molecule has 28 heavy (non-hydrogen) atoms. The van der Waals surface area contributed by atoms with Crippen LogP contribution >= 0.6 is 23.4 Å². The number of benzene rings is 2. The number of nitrogens with zero attached hydrogens (tertiary/aromatic N) is 2. The van der Waals surface area contributed by atoms with E-state index >= 15 is 0 Å². The first-order valence-corrected chi connectivity index (χ1v) is 9.60. The topological polar surface area (TPSA) is 71.0 Å². The molecule has 1 heterocycles. The number of amidine groups is 1. The summed E-state index contributed by atoms with van der Waals surface area (Å²) in [7, 11) is 0. The lowest BCUT2D eigenvalue weighted by Crippen LogP contribution is -2.25. The van der Waals surface area contributed by atoms with Gasteiger partial charge < -0.3 is 10.1 Å². The van der Waals surface area contributed by atoms with Crippen molar-refractivity contribution in [2.45, 2.75) is 25.8 Å². The summed E-state index contributed by atoms with van der Waals surface area (Å²) < 4.78 is 19.8. The van der Waals surface area contributed by atoms with E-state index in [1.165, 1.54) is 42.8 Å². The normalized spacial score (nSPS) is 15.9. The van der Waals surface area contributed by atoms with Gasteiger partial charge in [-0.15, -0.1) is 5.10 Å². The number of carbonyl (C=O) groups is 2. The highest BCUT2D eigenvalue weighted by Gasteiger charge is 2.34. The van der Waals surface area contributed by atoms with E-state index in [1.54, 1.807) is 30.3 Å². The van der Waals surface area contributed by atoms with E-state index in [0.29, 0.717) is 16.5 Å². The summed E-state index contributed by atoms with van der Waals surface area (Å²) in [6, 6.07) is 11.5. The quantitative estimate of drug-likeness (QED) is 0.808. The molecular weight excluding hydrogens is 405 g/mol. The molecular formula is C19H17ClFN3O3S. The molecule has 0 aliphatic carbocycles. The van der Waals surface area contributed by atoms with Gasteiger partial charge in [0.15, 0.2) is 5.17 Å². The largest absolute Gasteiger partial charge is 0.488 e.